The third kappa shape index (κ3) is 2.50. The SMILES string of the molecule is Cc1cc(N(CCCO)C2CCC2)ncn1. The monoisotopic (exact) mass is 221 g/mol. The van der Waals surface area contributed by atoms with Crippen LogP contribution >= 0.6 is 0 Å². The Bertz CT molecular complexity index is 339. The predicted octanol–water partition coefficient (Wildman–Crippen LogP) is 1.53. The Morgan fingerprint density at radius 2 is 2.25 bits per heavy atom. The van der Waals surface area contributed by atoms with E-state index >= 15 is 0 Å². The van der Waals surface area contributed by atoms with Crippen molar-refractivity contribution in [2.24, 2.45) is 0 Å². The maximum absolute atomic E-state index is 8.93. The van der Waals surface area contributed by atoms with Crippen molar-refractivity contribution in [2.75, 3.05) is 18.1 Å². The molecule has 16 heavy (non-hydrogen) atoms. The second-order valence-electron chi connectivity index (χ2n) is 4.37. The maximum atomic E-state index is 8.93. The summed E-state index contributed by atoms with van der Waals surface area (Å²) in [4.78, 5) is 10.8. The summed E-state index contributed by atoms with van der Waals surface area (Å²) in [5.41, 5.74) is 0.998. The Labute approximate surface area is 96.3 Å². The summed E-state index contributed by atoms with van der Waals surface area (Å²) in [7, 11) is 0. The molecule has 88 valence electrons. The molecule has 1 aliphatic rings. The van der Waals surface area contributed by atoms with Gasteiger partial charge in [0.25, 0.3) is 0 Å². The molecule has 4 nitrogen and oxygen atoms in total. The molecule has 0 radical (unpaired) electrons. The maximum Gasteiger partial charge on any atom is 0.132 e. The van der Waals surface area contributed by atoms with Crippen molar-refractivity contribution in [2.45, 2.75) is 38.6 Å². The molecule has 0 aromatic carbocycles. The number of nitrogens with zero attached hydrogens (tertiary/aromatic N) is 3. The van der Waals surface area contributed by atoms with Crippen LogP contribution in [-0.2, 0) is 0 Å². The van der Waals surface area contributed by atoms with Crippen molar-refractivity contribution in [3.05, 3.63) is 18.1 Å². The van der Waals surface area contributed by atoms with E-state index in [4.69, 9.17) is 5.11 Å². The van der Waals surface area contributed by atoms with Crippen LogP contribution in [0.2, 0.25) is 0 Å². The van der Waals surface area contributed by atoms with E-state index in [-0.39, 0.29) is 6.61 Å². The Kier molecular flexibility index (Phi) is 3.72. The van der Waals surface area contributed by atoms with E-state index < -0.39 is 0 Å². The summed E-state index contributed by atoms with van der Waals surface area (Å²) >= 11 is 0. The normalized spacial score (nSPS) is 15.9. The van der Waals surface area contributed by atoms with Crippen molar-refractivity contribution >= 4 is 5.82 Å². The first kappa shape index (κ1) is 11.3. The number of aliphatic hydroxyl groups is 1. The van der Waals surface area contributed by atoms with E-state index in [1.165, 1.54) is 19.3 Å². The summed E-state index contributed by atoms with van der Waals surface area (Å²) in [5.74, 6) is 1.01. The minimum Gasteiger partial charge on any atom is -0.396 e. The van der Waals surface area contributed by atoms with Crippen molar-refractivity contribution in [3.63, 3.8) is 0 Å². The smallest absolute Gasteiger partial charge is 0.132 e. The predicted molar refractivity (Wildman–Crippen MR) is 63.5 cm³/mol. The van der Waals surface area contributed by atoms with Crippen LogP contribution in [0.15, 0.2) is 12.4 Å². The fourth-order valence-electron chi connectivity index (χ4n) is 2.02. The highest BCUT2D eigenvalue weighted by atomic mass is 16.3. The van der Waals surface area contributed by atoms with Gasteiger partial charge in [-0.2, -0.15) is 0 Å². The zero-order valence-corrected chi connectivity index (χ0v) is 9.76. The average Bonchev–Trinajstić information content (AvgIpc) is 2.21. The summed E-state index contributed by atoms with van der Waals surface area (Å²) in [6.07, 6.45) is 6.22. The van der Waals surface area contributed by atoms with E-state index in [9.17, 15) is 0 Å². The standard InChI is InChI=1S/C12H19N3O/c1-10-8-12(14-9-13-10)15(6-3-7-16)11-4-2-5-11/h8-9,11,16H,2-7H2,1H3. The lowest BCUT2D eigenvalue weighted by Crippen LogP contribution is -2.41. The van der Waals surface area contributed by atoms with Gasteiger partial charge in [0.1, 0.15) is 12.1 Å². The summed E-state index contributed by atoms with van der Waals surface area (Å²) in [6, 6.07) is 2.64. The molecule has 0 atom stereocenters. The van der Waals surface area contributed by atoms with E-state index in [1.54, 1.807) is 6.33 Å². The number of rotatable bonds is 5. The molecule has 0 amide bonds. The molecule has 1 saturated carbocycles. The quantitative estimate of drug-likeness (QED) is 0.819. The van der Waals surface area contributed by atoms with Gasteiger partial charge >= 0.3 is 0 Å². The molecule has 1 N–H and O–H groups in total. The van der Waals surface area contributed by atoms with Crippen LogP contribution in [0.3, 0.4) is 0 Å². The van der Waals surface area contributed by atoms with Crippen LogP contribution < -0.4 is 4.90 Å². The van der Waals surface area contributed by atoms with Gasteiger partial charge in [-0.15, -0.1) is 0 Å². The lowest BCUT2D eigenvalue weighted by Gasteiger charge is -2.38. The van der Waals surface area contributed by atoms with Gasteiger partial charge in [0, 0.05) is 31.0 Å². The number of aryl methyl sites for hydroxylation is 1. The number of anilines is 1. The molecule has 0 spiro atoms. The molecular formula is C12H19N3O. The average molecular weight is 221 g/mol. The van der Waals surface area contributed by atoms with E-state index in [2.05, 4.69) is 14.9 Å². The third-order valence-electron chi connectivity index (χ3n) is 3.16. The first-order valence-electron chi connectivity index (χ1n) is 5.97. The topological polar surface area (TPSA) is 49.2 Å². The molecule has 0 aliphatic heterocycles. The first-order chi connectivity index (χ1) is 7.81. The van der Waals surface area contributed by atoms with Crippen LogP contribution in [0.4, 0.5) is 5.82 Å². The molecule has 1 aromatic rings. The Balaban J connectivity index is 2.10. The molecule has 0 bridgehead atoms. The molecule has 0 saturated heterocycles. The lowest BCUT2D eigenvalue weighted by atomic mass is 9.91. The molecule has 1 aliphatic carbocycles. The summed E-state index contributed by atoms with van der Waals surface area (Å²) in [5, 5.41) is 8.93. The van der Waals surface area contributed by atoms with Crippen LogP contribution in [0.1, 0.15) is 31.4 Å². The van der Waals surface area contributed by atoms with Crippen LogP contribution in [0, 0.1) is 6.92 Å². The van der Waals surface area contributed by atoms with Gasteiger partial charge in [0.05, 0.1) is 0 Å². The van der Waals surface area contributed by atoms with Gasteiger partial charge in [-0.3, -0.25) is 0 Å². The van der Waals surface area contributed by atoms with E-state index in [1.807, 2.05) is 13.0 Å². The highest BCUT2D eigenvalue weighted by molar-refractivity contribution is 5.40. The zero-order chi connectivity index (χ0) is 11.4. The summed E-state index contributed by atoms with van der Waals surface area (Å²) < 4.78 is 0. The van der Waals surface area contributed by atoms with E-state index in [0.29, 0.717) is 6.04 Å². The number of aromatic nitrogens is 2. The minimum atomic E-state index is 0.243. The van der Waals surface area contributed by atoms with Crippen molar-refractivity contribution in [3.8, 4) is 0 Å². The molecule has 2 rings (SSSR count). The second kappa shape index (κ2) is 5.25. The van der Waals surface area contributed by atoms with Crippen LogP contribution in [0.25, 0.3) is 0 Å². The fourth-order valence-corrected chi connectivity index (χ4v) is 2.02. The van der Waals surface area contributed by atoms with Gasteiger partial charge in [0.15, 0.2) is 0 Å². The Morgan fingerprint density at radius 3 is 2.81 bits per heavy atom. The largest absolute Gasteiger partial charge is 0.396 e. The lowest BCUT2D eigenvalue weighted by molar-refractivity contribution is 0.282. The molecule has 1 heterocycles. The Hall–Kier alpha value is -1.16. The highest BCUT2D eigenvalue weighted by Gasteiger charge is 2.25. The Morgan fingerprint density at radius 1 is 1.44 bits per heavy atom. The van der Waals surface area contributed by atoms with Crippen molar-refractivity contribution in [1.29, 1.82) is 0 Å². The van der Waals surface area contributed by atoms with Crippen molar-refractivity contribution < 1.29 is 5.11 Å². The van der Waals surface area contributed by atoms with Crippen LogP contribution in [-0.4, -0.2) is 34.3 Å². The molecule has 1 fully saturated rings. The van der Waals surface area contributed by atoms with Gasteiger partial charge in [-0.1, -0.05) is 0 Å². The fraction of sp³-hybridized carbons (Fsp3) is 0.667. The van der Waals surface area contributed by atoms with Gasteiger partial charge in [0.2, 0.25) is 0 Å². The first-order valence-corrected chi connectivity index (χ1v) is 5.97. The minimum absolute atomic E-state index is 0.243. The van der Waals surface area contributed by atoms with Gasteiger partial charge in [-0.25, -0.2) is 9.97 Å². The van der Waals surface area contributed by atoms with Crippen LogP contribution in [0.5, 0.6) is 0 Å². The summed E-state index contributed by atoms with van der Waals surface area (Å²) in [6.45, 7) is 3.11. The molecular weight excluding hydrogens is 202 g/mol. The molecule has 4 heteroatoms. The van der Waals surface area contributed by atoms with Crippen molar-refractivity contribution in [1.82, 2.24) is 9.97 Å². The molecule has 1 aromatic heterocycles. The highest BCUT2D eigenvalue weighted by Crippen LogP contribution is 2.28. The zero-order valence-electron chi connectivity index (χ0n) is 9.76. The third-order valence-corrected chi connectivity index (χ3v) is 3.16. The molecule has 0 unspecified atom stereocenters. The number of hydrogen-bond acceptors (Lipinski definition) is 4. The number of aliphatic hydroxyl groups excluding tert-OH is 1. The van der Waals surface area contributed by atoms with Gasteiger partial charge in [-0.05, 0) is 32.6 Å². The van der Waals surface area contributed by atoms with E-state index in [0.717, 1.165) is 24.5 Å². The second-order valence-corrected chi connectivity index (χ2v) is 4.37. The number of hydrogen-bond donors (Lipinski definition) is 1. The van der Waals surface area contributed by atoms with Gasteiger partial charge < -0.3 is 10.0 Å².